The maximum atomic E-state index is 11.8. The van der Waals surface area contributed by atoms with Crippen LogP contribution >= 0.6 is 0 Å². The number of nitriles is 1. The molecule has 1 aliphatic heterocycles. The van der Waals surface area contributed by atoms with E-state index in [-0.39, 0.29) is 12.1 Å². The highest BCUT2D eigenvalue weighted by atomic mass is 16.6. The van der Waals surface area contributed by atoms with Crippen LogP contribution in [0.25, 0.3) is 0 Å². The number of hydrogen-bond acceptors (Lipinski definition) is 4. The zero-order valence-corrected chi connectivity index (χ0v) is 11.8. The van der Waals surface area contributed by atoms with Crippen LogP contribution in [-0.4, -0.2) is 53.7 Å². The minimum absolute atomic E-state index is 0.0363. The molecular weight excluding hydrogens is 230 g/mol. The van der Waals surface area contributed by atoms with Crippen LogP contribution < -0.4 is 0 Å². The van der Waals surface area contributed by atoms with Crippen LogP contribution in [0, 0.1) is 11.3 Å². The molecule has 0 spiro atoms. The van der Waals surface area contributed by atoms with Crippen LogP contribution in [0.5, 0.6) is 0 Å². The van der Waals surface area contributed by atoms with Gasteiger partial charge in [-0.3, -0.25) is 4.90 Å². The summed E-state index contributed by atoms with van der Waals surface area (Å²) in [7, 11) is 0. The van der Waals surface area contributed by atoms with E-state index in [0.717, 1.165) is 19.5 Å². The largest absolute Gasteiger partial charge is 0.444 e. The first-order valence-corrected chi connectivity index (χ1v) is 6.49. The van der Waals surface area contributed by atoms with Crippen molar-refractivity contribution >= 4 is 6.09 Å². The van der Waals surface area contributed by atoms with Crippen molar-refractivity contribution in [2.75, 3.05) is 26.2 Å². The number of nitrogens with zero attached hydrogens (tertiary/aromatic N) is 3. The zero-order chi connectivity index (χ0) is 13.8. The fourth-order valence-corrected chi connectivity index (χ4v) is 1.97. The van der Waals surface area contributed by atoms with Gasteiger partial charge in [-0.05, 0) is 27.2 Å². The zero-order valence-electron chi connectivity index (χ0n) is 11.8. The first-order valence-electron chi connectivity index (χ1n) is 6.49. The maximum Gasteiger partial charge on any atom is 0.410 e. The van der Waals surface area contributed by atoms with Crippen molar-refractivity contribution in [3.8, 4) is 6.07 Å². The lowest BCUT2D eigenvalue weighted by atomic mass is 10.2. The van der Waals surface area contributed by atoms with E-state index in [1.165, 1.54) is 0 Å². The Morgan fingerprint density at radius 1 is 1.33 bits per heavy atom. The van der Waals surface area contributed by atoms with Crippen molar-refractivity contribution in [1.82, 2.24) is 9.80 Å². The summed E-state index contributed by atoms with van der Waals surface area (Å²) in [6.07, 6.45) is 0.565. The number of carbonyl (C=O) groups is 1. The molecule has 1 saturated heterocycles. The molecule has 1 amide bonds. The molecule has 0 aliphatic carbocycles. The quantitative estimate of drug-likeness (QED) is 0.753. The van der Waals surface area contributed by atoms with Crippen molar-refractivity contribution in [2.24, 2.45) is 0 Å². The highest BCUT2D eigenvalue weighted by molar-refractivity contribution is 5.68. The minimum Gasteiger partial charge on any atom is -0.444 e. The van der Waals surface area contributed by atoms with E-state index < -0.39 is 5.60 Å². The Balaban J connectivity index is 2.45. The summed E-state index contributed by atoms with van der Waals surface area (Å²) >= 11 is 0. The lowest BCUT2D eigenvalue weighted by Gasteiger charge is -2.37. The second-order valence-corrected chi connectivity index (χ2v) is 5.56. The number of rotatable bonds is 2. The Labute approximate surface area is 109 Å². The van der Waals surface area contributed by atoms with Crippen molar-refractivity contribution in [1.29, 1.82) is 5.26 Å². The van der Waals surface area contributed by atoms with Gasteiger partial charge in [0.1, 0.15) is 5.60 Å². The number of amides is 1. The predicted molar refractivity (Wildman–Crippen MR) is 69.1 cm³/mol. The van der Waals surface area contributed by atoms with Crippen molar-refractivity contribution in [3.63, 3.8) is 0 Å². The summed E-state index contributed by atoms with van der Waals surface area (Å²) < 4.78 is 5.33. The predicted octanol–water partition coefficient (Wildman–Crippen LogP) is 1.84. The molecule has 1 heterocycles. The van der Waals surface area contributed by atoms with E-state index in [9.17, 15) is 4.79 Å². The monoisotopic (exact) mass is 253 g/mol. The molecule has 18 heavy (non-hydrogen) atoms. The molecule has 1 unspecified atom stereocenters. The van der Waals surface area contributed by atoms with Gasteiger partial charge in [-0.25, -0.2) is 4.79 Å². The molecule has 0 aromatic rings. The maximum absolute atomic E-state index is 11.8. The normalized spacial score (nSPS) is 19.2. The highest BCUT2D eigenvalue weighted by Crippen LogP contribution is 2.13. The van der Waals surface area contributed by atoms with Gasteiger partial charge in [-0.2, -0.15) is 5.26 Å². The van der Waals surface area contributed by atoms with Crippen LogP contribution in [0.3, 0.4) is 0 Å². The van der Waals surface area contributed by atoms with E-state index in [1.54, 1.807) is 4.90 Å². The average molecular weight is 253 g/mol. The third-order valence-corrected chi connectivity index (χ3v) is 2.94. The lowest BCUT2D eigenvalue weighted by Crippen LogP contribution is -2.52. The average Bonchev–Trinajstić information content (AvgIpc) is 2.29. The second-order valence-electron chi connectivity index (χ2n) is 5.56. The Morgan fingerprint density at radius 3 is 2.28 bits per heavy atom. The molecule has 0 aromatic heterocycles. The van der Waals surface area contributed by atoms with Gasteiger partial charge >= 0.3 is 6.09 Å². The summed E-state index contributed by atoms with van der Waals surface area (Å²) in [5, 5.41) is 9.01. The number of hydrogen-bond donors (Lipinski definition) is 0. The Hall–Kier alpha value is -1.28. The summed E-state index contributed by atoms with van der Waals surface area (Å²) in [6, 6.07) is 2.26. The van der Waals surface area contributed by atoms with Gasteiger partial charge in [0.15, 0.2) is 0 Å². The molecule has 0 bridgehead atoms. The lowest BCUT2D eigenvalue weighted by molar-refractivity contribution is 0.0124. The summed E-state index contributed by atoms with van der Waals surface area (Å²) in [6.45, 7) is 10.3. The first-order chi connectivity index (χ1) is 8.37. The fraction of sp³-hybridized carbons (Fsp3) is 0.846. The molecule has 0 N–H and O–H groups in total. The van der Waals surface area contributed by atoms with Crippen molar-refractivity contribution in [3.05, 3.63) is 0 Å². The fourth-order valence-electron chi connectivity index (χ4n) is 1.97. The molecule has 5 heteroatoms. The van der Waals surface area contributed by atoms with E-state index >= 15 is 0 Å². The van der Waals surface area contributed by atoms with E-state index in [0.29, 0.717) is 13.1 Å². The van der Waals surface area contributed by atoms with Crippen molar-refractivity contribution in [2.45, 2.75) is 45.8 Å². The Kier molecular flexibility index (Phi) is 4.97. The van der Waals surface area contributed by atoms with Gasteiger partial charge in [0, 0.05) is 26.2 Å². The second kappa shape index (κ2) is 6.05. The van der Waals surface area contributed by atoms with Crippen LogP contribution in [-0.2, 0) is 4.74 Å². The van der Waals surface area contributed by atoms with Crippen LogP contribution in [0.1, 0.15) is 34.1 Å². The molecule has 5 nitrogen and oxygen atoms in total. The van der Waals surface area contributed by atoms with Gasteiger partial charge in [-0.1, -0.05) is 6.92 Å². The summed E-state index contributed by atoms with van der Waals surface area (Å²) in [5.41, 5.74) is -0.452. The molecule has 1 fully saturated rings. The van der Waals surface area contributed by atoms with Crippen LogP contribution in [0.15, 0.2) is 0 Å². The third kappa shape index (κ3) is 4.19. The number of piperazine rings is 1. The molecule has 0 radical (unpaired) electrons. The highest BCUT2D eigenvalue weighted by Gasteiger charge is 2.28. The van der Waals surface area contributed by atoms with Gasteiger partial charge in [0.05, 0.1) is 12.1 Å². The third-order valence-electron chi connectivity index (χ3n) is 2.94. The van der Waals surface area contributed by atoms with E-state index in [4.69, 9.17) is 10.00 Å². The number of carbonyl (C=O) groups excluding carboxylic acids is 1. The van der Waals surface area contributed by atoms with Crippen molar-refractivity contribution < 1.29 is 9.53 Å². The molecule has 0 aromatic carbocycles. The van der Waals surface area contributed by atoms with Gasteiger partial charge in [0.25, 0.3) is 0 Å². The van der Waals surface area contributed by atoms with Gasteiger partial charge in [-0.15, -0.1) is 0 Å². The van der Waals surface area contributed by atoms with E-state index in [2.05, 4.69) is 11.0 Å². The first kappa shape index (κ1) is 14.8. The number of ether oxygens (including phenoxy) is 1. The SMILES string of the molecule is CCC(C#N)N1CCN(C(=O)OC(C)(C)C)CC1. The minimum atomic E-state index is -0.452. The topological polar surface area (TPSA) is 56.6 Å². The molecular formula is C13H23N3O2. The Morgan fingerprint density at radius 2 is 1.89 bits per heavy atom. The van der Waals surface area contributed by atoms with Gasteiger partial charge < -0.3 is 9.64 Å². The Bertz CT molecular complexity index is 322. The van der Waals surface area contributed by atoms with Crippen LogP contribution in [0.2, 0.25) is 0 Å². The molecule has 0 saturated carbocycles. The standard InChI is InChI=1S/C13H23N3O2/c1-5-11(10-14)15-6-8-16(9-7-15)12(17)18-13(2,3)4/h11H,5-9H2,1-4H3. The summed E-state index contributed by atoms with van der Waals surface area (Å²) in [4.78, 5) is 15.7. The smallest absolute Gasteiger partial charge is 0.410 e. The summed E-state index contributed by atoms with van der Waals surface area (Å²) in [5.74, 6) is 0. The van der Waals surface area contributed by atoms with Crippen LogP contribution in [0.4, 0.5) is 4.79 Å². The van der Waals surface area contributed by atoms with Gasteiger partial charge in [0.2, 0.25) is 0 Å². The van der Waals surface area contributed by atoms with E-state index in [1.807, 2.05) is 27.7 Å². The molecule has 1 atom stereocenters. The molecule has 1 aliphatic rings. The molecule has 102 valence electrons. The molecule has 1 rings (SSSR count).